The van der Waals surface area contributed by atoms with Crippen molar-refractivity contribution < 1.29 is 9.53 Å². The lowest BCUT2D eigenvalue weighted by molar-refractivity contribution is -0.141. The highest BCUT2D eigenvalue weighted by molar-refractivity contribution is 7.99. The van der Waals surface area contributed by atoms with Crippen LogP contribution in [0.3, 0.4) is 0 Å². The molecule has 1 rings (SSSR count). The number of carbonyl (C=O) groups is 1. The third kappa shape index (κ3) is 5.81. The quantitative estimate of drug-likeness (QED) is 0.539. The monoisotopic (exact) mass is 238 g/mol. The summed E-state index contributed by atoms with van der Waals surface area (Å²) < 4.78 is 5.15. The van der Waals surface area contributed by atoms with E-state index in [1.807, 2.05) is 30.3 Å². The lowest BCUT2D eigenvalue weighted by Gasteiger charge is -2.04. The Balaban J connectivity index is 2.11. The molecule has 2 nitrogen and oxygen atoms in total. The minimum absolute atomic E-state index is 0.120. The summed E-state index contributed by atoms with van der Waals surface area (Å²) in [7, 11) is 0. The molecule has 0 spiro atoms. The van der Waals surface area contributed by atoms with Gasteiger partial charge in [0.05, 0.1) is 5.75 Å². The topological polar surface area (TPSA) is 26.3 Å². The molecule has 0 unspecified atom stereocenters. The molecule has 1 aromatic rings. The van der Waals surface area contributed by atoms with E-state index in [1.54, 1.807) is 11.8 Å². The van der Waals surface area contributed by atoms with Crippen molar-refractivity contribution in [3.8, 4) is 0 Å². The molecule has 0 heterocycles. The minimum atomic E-state index is -0.120. The fourth-order valence-electron chi connectivity index (χ4n) is 1.18. The summed E-state index contributed by atoms with van der Waals surface area (Å²) in [4.78, 5) is 11.3. The van der Waals surface area contributed by atoms with Crippen LogP contribution in [0.15, 0.2) is 30.3 Å². The van der Waals surface area contributed by atoms with Gasteiger partial charge in [-0.2, -0.15) is 11.8 Å². The van der Waals surface area contributed by atoms with Crippen molar-refractivity contribution in [2.75, 3.05) is 11.5 Å². The molecule has 16 heavy (non-hydrogen) atoms. The van der Waals surface area contributed by atoms with Gasteiger partial charge in [0, 0.05) is 0 Å². The molecule has 0 saturated carbocycles. The standard InChI is InChI=1S/C13H18O2S/c1-2-3-9-16-11-13(14)15-10-12-7-5-4-6-8-12/h4-8H,2-3,9-11H2,1H3. The Morgan fingerprint density at radius 2 is 2.06 bits per heavy atom. The van der Waals surface area contributed by atoms with Crippen molar-refractivity contribution in [1.82, 2.24) is 0 Å². The van der Waals surface area contributed by atoms with Gasteiger partial charge >= 0.3 is 5.97 Å². The summed E-state index contributed by atoms with van der Waals surface area (Å²) >= 11 is 1.65. The number of carbonyl (C=O) groups excluding carboxylic acids is 1. The highest BCUT2D eigenvalue weighted by Crippen LogP contribution is 2.06. The van der Waals surface area contributed by atoms with Crippen molar-refractivity contribution >= 4 is 17.7 Å². The first kappa shape index (κ1) is 13.1. The van der Waals surface area contributed by atoms with Crippen LogP contribution < -0.4 is 0 Å². The third-order valence-electron chi connectivity index (χ3n) is 2.10. The predicted molar refractivity (Wildman–Crippen MR) is 68.5 cm³/mol. The maximum Gasteiger partial charge on any atom is 0.316 e. The van der Waals surface area contributed by atoms with Gasteiger partial charge in [-0.1, -0.05) is 43.7 Å². The maximum absolute atomic E-state index is 11.3. The number of ether oxygens (including phenoxy) is 1. The van der Waals surface area contributed by atoms with Gasteiger partial charge < -0.3 is 4.74 Å². The van der Waals surface area contributed by atoms with E-state index in [4.69, 9.17) is 4.74 Å². The van der Waals surface area contributed by atoms with Crippen LogP contribution >= 0.6 is 11.8 Å². The molecule has 0 saturated heterocycles. The van der Waals surface area contributed by atoms with Crippen molar-refractivity contribution in [3.63, 3.8) is 0 Å². The normalized spacial score (nSPS) is 10.1. The van der Waals surface area contributed by atoms with Gasteiger partial charge in [-0.15, -0.1) is 0 Å². The average molecular weight is 238 g/mol. The van der Waals surface area contributed by atoms with Crippen LogP contribution in [0.4, 0.5) is 0 Å². The van der Waals surface area contributed by atoms with Gasteiger partial charge in [0.25, 0.3) is 0 Å². The second-order valence-electron chi connectivity index (χ2n) is 3.55. The van der Waals surface area contributed by atoms with Crippen LogP contribution in [0.2, 0.25) is 0 Å². The molecule has 0 aliphatic rings. The molecule has 0 amide bonds. The first-order valence-corrected chi connectivity index (χ1v) is 6.75. The molecule has 0 atom stereocenters. The fourth-order valence-corrected chi connectivity index (χ4v) is 2.07. The van der Waals surface area contributed by atoms with Crippen LogP contribution in [-0.4, -0.2) is 17.5 Å². The van der Waals surface area contributed by atoms with Crippen molar-refractivity contribution in [2.45, 2.75) is 26.4 Å². The molecule has 0 radical (unpaired) electrons. The Bertz CT molecular complexity index is 298. The minimum Gasteiger partial charge on any atom is -0.460 e. The molecule has 0 aromatic heterocycles. The Morgan fingerprint density at radius 3 is 2.75 bits per heavy atom. The SMILES string of the molecule is CCCCSCC(=O)OCc1ccccc1. The van der Waals surface area contributed by atoms with Gasteiger partial charge in [0.2, 0.25) is 0 Å². The largest absolute Gasteiger partial charge is 0.460 e. The number of unbranched alkanes of at least 4 members (excludes halogenated alkanes) is 1. The zero-order chi connectivity index (χ0) is 11.6. The zero-order valence-corrected chi connectivity index (χ0v) is 10.5. The Morgan fingerprint density at radius 1 is 1.31 bits per heavy atom. The Hall–Kier alpha value is -0.960. The van der Waals surface area contributed by atoms with Crippen LogP contribution in [0.1, 0.15) is 25.3 Å². The van der Waals surface area contributed by atoms with Crippen LogP contribution in [0, 0.1) is 0 Å². The molecule has 3 heteroatoms. The van der Waals surface area contributed by atoms with Crippen molar-refractivity contribution in [2.24, 2.45) is 0 Å². The first-order valence-electron chi connectivity index (χ1n) is 5.60. The lowest BCUT2D eigenvalue weighted by atomic mass is 10.2. The number of rotatable bonds is 7. The van der Waals surface area contributed by atoms with E-state index in [9.17, 15) is 4.79 Å². The Labute approximate surface area is 101 Å². The highest BCUT2D eigenvalue weighted by Gasteiger charge is 2.02. The molecule has 0 bridgehead atoms. The van der Waals surface area contributed by atoms with Gasteiger partial charge in [-0.05, 0) is 17.7 Å². The third-order valence-corrected chi connectivity index (χ3v) is 3.12. The molecular formula is C13H18O2S. The van der Waals surface area contributed by atoms with Crippen molar-refractivity contribution in [3.05, 3.63) is 35.9 Å². The van der Waals surface area contributed by atoms with Gasteiger partial charge in [0.15, 0.2) is 0 Å². The molecule has 0 aliphatic heterocycles. The summed E-state index contributed by atoms with van der Waals surface area (Å²) in [6.45, 7) is 2.53. The summed E-state index contributed by atoms with van der Waals surface area (Å²) in [5, 5.41) is 0. The second-order valence-corrected chi connectivity index (χ2v) is 4.66. The number of thioether (sulfide) groups is 1. The second kappa shape index (κ2) is 8.22. The average Bonchev–Trinajstić information content (AvgIpc) is 2.33. The molecule has 0 aliphatic carbocycles. The molecule has 0 N–H and O–H groups in total. The molecular weight excluding hydrogens is 220 g/mol. The first-order chi connectivity index (χ1) is 7.83. The maximum atomic E-state index is 11.3. The van der Waals surface area contributed by atoms with Crippen LogP contribution in [0.25, 0.3) is 0 Å². The van der Waals surface area contributed by atoms with Crippen molar-refractivity contribution in [1.29, 1.82) is 0 Å². The van der Waals surface area contributed by atoms with Crippen LogP contribution in [0.5, 0.6) is 0 Å². The number of benzene rings is 1. The van der Waals surface area contributed by atoms with E-state index in [-0.39, 0.29) is 5.97 Å². The summed E-state index contributed by atoms with van der Waals surface area (Å²) in [6, 6.07) is 9.75. The summed E-state index contributed by atoms with van der Waals surface area (Å²) in [6.07, 6.45) is 2.34. The number of esters is 1. The van der Waals surface area contributed by atoms with E-state index in [1.165, 1.54) is 6.42 Å². The lowest BCUT2D eigenvalue weighted by Crippen LogP contribution is -2.07. The highest BCUT2D eigenvalue weighted by atomic mass is 32.2. The van der Waals surface area contributed by atoms with E-state index >= 15 is 0 Å². The predicted octanol–water partition coefficient (Wildman–Crippen LogP) is 3.26. The Kier molecular flexibility index (Phi) is 6.74. The van der Waals surface area contributed by atoms with E-state index < -0.39 is 0 Å². The summed E-state index contributed by atoms with van der Waals surface area (Å²) in [5.41, 5.74) is 1.04. The molecule has 0 fully saturated rings. The van der Waals surface area contributed by atoms with Gasteiger partial charge in [0.1, 0.15) is 6.61 Å². The number of hydrogen-bond donors (Lipinski definition) is 0. The molecule has 1 aromatic carbocycles. The van der Waals surface area contributed by atoms with E-state index in [2.05, 4.69) is 6.92 Å². The zero-order valence-electron chi connectivity index (χ0n) is 9.65. The fraction of sp³-hybridized carbons (Fsp3) is 0.462. The molecule has 88 valence electrons. The van der Waals surface area contributed by atoms with Gasteiger partial charge in [-0.3, -0.25) is 4.79 Å². The number of hydrogen-bond acceptors (Lipinski definition) is 3. The van der Waals surface area contributed by atoms with E-state index in [0.717, 1.165) is 17.7 Å². The van der Waals surface area contributed by atoms with E-state index in [0.29, 0.717) is 12.4 Å². The van der Waals surface area contributed by atoms with Crippen LogP contribution in [-0.2, 0) is 16.1 Å². The smallest absolute Gasteiger partial charge is 0.316 e. The van der Waals surface area contributed by atoms with Gasteiger partial charge in [-0.25, -0.2) is 0 Å². The summed E-state index contributed by atoms with van der Waals surface area (Å²) in [5.74, 6) is 1.38.